The van der Waals surface area contributed by atoms with Crippen LogP contribution in [0.4, 0.5) is 5.13 Å². The molecule has 0 saturated carbocycles. The third kappa shape index (κ3) is 4.75. The van der Waals surface area contributed by atoms with Gasteiger partial charge in [0.05, 0.1) is 18.7 Å². The summed E-state index contributed by atoms with van der Waals surface area (Å²) in [6, 6.07) is 19.7. The van der Waals surface area contributed by atoms with Gasteiger partial charge in [-0.3, -0.25) is 4.79 Å². The largest absolute Gasteiger partial charge is 0.495 e. The number of ether oxygens (including phenoxy) is 1. The van der Waals surface area contributed by atoms with E-state index in [0.717, 1.165) is 10.1 Å². The Labute approximate surface area is 187 Å². The fourth-order valence-corrected chi connectivity index (χ4v) is 5.00. The highest BCUT2D eigenvalue weighted by Crippen LogP contribution is 2.31. The highest BCUT2D eigenvalue weighted by Gasteiger charge is 2.11. The van der Waals surface area contributed by atoms with Crippen molar-refractivity contribution in [2.45, 2.75) is 10.1 Å². The smallest absolute Gasteiger partial charge is 0.206 e. The van der Waals surface area contributed by atoms with Gasteiger partial charge in [0.15, 0.2) is 10.1 Å². The summed E-state index contributed by atoms with van der Waals surface area (Å²) in [5.74, 6) is 1.26. The van der Waals surface area contributed by atoms with E-state index in [2.05, 4.69) is 51.9 Å². The van der Waals surface area contributed by atoms with Crippen molar-refractivity contribution in [2.24, 2.45) is 0 Å². The minimum Gasteiger partial charge on any atom is -0.495 e. The van der Waals surface area contributed by atoms with Crippen LogP contribution in [-0.2, 0) is 5.75 Å². The number of rotatable bonds is 8. The van der Waals surface area contributed by atoms with Crippen molar-refractivity contribution >= 4 is 56.4 Å². The van der Waals surface area contributed by atoms with Crippen LogP contribution in [0.1, 0.15) is 15.9 Å². The number of carbonyl (C=O) groups is 1. The third-order valence-corrected chi connectivity index (χ3v) is 6.87. The van der Waals surface area contributed by atoms with E-state index in [0.29, 0.717) is 21.5 Å². The van der Waals surface area contributed by atoms with Crippen LogP contribution in [0, 0.1) is 0 Å². The molecule has 0 fully saturated rings. The molecule has 0 spiro atoms. The second-order valence-electron chi connectivity index (χ2n) is 6.43. The lowest BCUT2D eigenvalue weighted by Gasteiger charge is -2.06. The van der Waals surface area contributed by atoms with Crippen LogP contribution in [0.2, 0.25) is 5.02 Å². The average molecular weight is 456 g/mol. The topological polar surface area (TPSA) is 64.1 Å². The Morgan fingerprint density at radius 2 is 1.97 bits per heavy atom. The number of fused-ring (bicyclic) bond motifs is 1. The molecule has 0 unspecified atom stereocenters. The van der Waals surface area contributed by atoms with E-state index in [1.807, 2.05) is 6.07 Å². The molecular formula is C22H18ClN3O2S2. The summed E-state index contributed by atoms with van der Waals surface area (Å²) < 4.78 is 5.96. The SMILES string of the molecule is COc1ccc(C(=O)CNc2nnc(SCc3cccc4ccccc34)s2)cc1Cl. The second kappa shape index (κ2) is 9.47. The van der Waals surface area contributed by atoms with E-state index in [1.165, 1.54) is 34.8 Å². The van der Waals surface area contributed by atoms with Crippen molar-refractivity contribution in [1.29, 1.82) is 0 Å². The van der Waals surface area contributed by atoms with Crippen LogP contribution in [0.5, 0.6) is 5.75 Å². The maximum atomic E-state index is 12.4. The molecule has 0 aliphatic rings. The predicted molar refractivity (Wildman–Crippen MR) is 124 cm³/mol. The molecule has 4 aromatic rings. The van der Waals surface area contributed by atoms with Crippen molar-refractivity contribution in [3.63, 3.8) is 0 Å². The fourth-order valence-electron chi connectivity index (χ4n) is 3.00. The van der Waals surface area contributed by atoms with E-state index in [-0.39, 0.29) is 12.3 Å². The molecule has 3 aromatic carbocycles. The molecule has 1 heterocycles. The summed E-state index contributed by atoms with van der Waals surface area (Å²) in [6.45, 7) is 0.116. The zero-order valence-corrected chi connectivity index (χ0v) is 18.5. The first-order chi connectivity index (χ1) is 14.6. The molecule has 0 saturated heterocycles. The highest BCUT2D eigenvalue weighted by atomic mass is 35.5. The number of hydrogen-bond donors (Lipinski definition) is 1. The van der Waals surface area contributed by atoms with Crippen LogP contribution in [0.25, 0.3) is 10.8 Å². The maximum Gasteiger partial charge on any atom is 0.206 e. The Morgan fingerprint density at radius 3 is 2.80 bits per heavy atom. The zero-order valence-electron chi connectivity index (χ0n) is 16.1. The first kappa shape index (κ1) is 20.7. The van der Waals surface area contributed by atoms with Crippen LogP contribution in [0.15, 0.2) is 65.0 Å². The summed E-state index contributed by atoms with van der Waals surface area (Å²) in [5, 5.41) is 14.9. The number of ketones is 1. The third-order valence-electron chi connectivity index (χ3n) is 4.51. The Hall–Kier alpha value is -2.61. The highest BCUT2D eigenvalue weighted by molar-refractivity contribution is 8.00. The molecule has 152 valence electrons. The number of carbonyl (C=O) groups excluding carboxylic acids is 1. The second-order valence-corrected chi connectivity index (χ2v) is 9.03. The lowest BCUT2D eigenvalue weighted by molar-refractivity contribution is 0.101. The quantitative estimate of drug-likeness (QED) is 0.262. The molecule has 0 bridgehead atoms. The van der Waals surface area contributed by atoms with Gasteiger partial charge in [0.1, 0.15) is 5.75 Å². The minimum atomic E-state index is -0.0836. The van der Waals surface area contributed by atoms with Gasteiger partial charge >= 0.3 is 0 Å². The summed E-state index contributed by atoms with van der Waals surface area (Å²) in [5.41, 5.74) is 1.78. The van der Waals surface area contributed by atoms with Gasteiger partial charge < -0.3 is 10.1 Å². The van der Waals surface area contributed by atoms with Gasteiger partial charge in [-0.1, -0.05) is 77.2 Å². The van der Waals surface area contributed by atoms with Crippen LogP contribution in [0.3, 0.4) is 0 Å². The molecular weight excluding hydrogens is 438 g/mol. The van der Waals surface area contributed by atoms with Crippen molar-refractivity contribution in [2.75, 3.05) is 19.0 Å². The van der Waals surface area contributed by atoms with Gasteiger partial charge in [0, 0.05) is 11.3 Å². The normalized spacial score (nSPS) is 10.9. The minimum absolute atomic E-state index is 0.0836. The number of nitrogens with one attached hydrogen (secondary N) is 1. The van der Waals surface area contributed by atoms with Crippen molar-refractivity contribution in [3.8, 4) is 5.75 Å². The van der Waals surface area contributed by atoms with Gasteiger partial charge in [-0.15, -0.1) is 10.2 Å². The lowest BCUT2D eigenvalue weighted by Crippen LogP contribution is -2.13. The first-order valence-corrected chi connectivity index (χ1v) is 11.4. The molecule has 0 aliphatic heterocycles. The Bertz CT molecular complexity index is 1190. The first-order valence-electron chi connectivity index (χ1n) is 9.17. The molecule has 1 aromatic heterocycles. The van der Waals surface area contributed by atoms with Crippen LogP contribution >= 0.6 is 34.7 Å². The van der Waals surface area contributed by atoms with Gasteiger partial charge in [0.25, 0.3) is 0 Å². The summed E-state index contributed by atoms with van der Waals surface area (Å²) >= 11 is 9.16. The molecule has 1 N–H and O–H groups in total. The Balaban J connectivity index is 1.35. The number of hydrogen-bond acceptors (Lipinski definition) is 7. The molecule has 0 radical (unpaired) electrons. The number of benzene rings is 3. The zero-order chi connectivity index (χ0) is 20.9. The van der Waals surface area contributed by atoms with E-state index in [4.69, 9.17) is 16.3 Å². The summed E-state index contributed by atoms with van der Waals surface area (Å²) in [4.78, 5) is 12.4. The van der Waals surface area contributed by atoms with Crippen LogP contribution < -0.4 is 10.1 Å². The fraction of sp³-hybridized carbons (Fsp3) is 0.136. The van der Waals surface area contributed by atoms with Gasteiger partial charge in [-0.25, -0.2) is 0 Å². The van der Waals surface area contributed by atoms with E-state index in [9.17, 15) is 4.79 Å². The monoisotopic (exact) mass is 455 g/mol. The summed E-state index contributed by atoms with van der Waals surface area (Å²) in [6.07, 6.45) is 0. The lowest BCUT2D eigenvalue weighted by atomic mass is 10.1. The van der Waals surface area contributed by atoms with Gasteiger partial charge in [-0.2, -0.15) is 0 Å². The standard InChI is InChI=1S/C22H18ClN3O2S2/c1-28-20-10-9-15(11-18(20)23)19(27)12-24-21-25-26-22(30-21)29-13-16-7-4-6-14-5-2-3-8-17(14)16/h2-11H,12-13H2,1H3,(H,24,25). The number of aromatic nitrogens is 2. The predicted octanol–water partition coefficient (Wildman–Crippen LogP) is 5.94. The number of halogens is 1. The van der Waals surface area contributed by atoms with Crippen molar-refractivity contribution in [3.05, 3.63) is 76.8 Å². The Kier molecular flexibility index (Phi) is 6.52. The molecule has 4 rings (SSSR count). The number of anilines is 1. The number of nitrogens with zero attached hydrogens (tertiary/aromatic N) is 2. The van der Waals surface area contributed by atoms with E-state index >= 15 is 0 Å². The average Bonchev–Trinajstić information content (AvgIpc) is 3.23. The van der Waals surface area contributed by atoms with E-state index < -0.39 is 0 Å². The van der Waals surface area contributed by atoms with E-state index in [1.54, 1.807) is 30.0 Å². The van der Waals surface area contributed by atoms with Crippen molar-refractivity contribution < 1.29 is 9.53 Å². The number of thioether (sulfide) groups is 1. The molecule has 30 heavy (non-hydrogen) atoms. The molecule has 5 nitrogen and oxygen atoms in total. The van der Waals surface area contributed by atoms with Crippen LogP contribution in [-0.4, -0.2) is 29.6 Å². The molecule has 0 atom stereocenters. The number of Topliss-reactive ketones (excluding diaryl/α,β-unsaturated/α-hetero) is 1. The van der Waals surface area contributed by atoms with Gasteiger partial charge in [0.2, 0.25) is 5.13 Å². The van der Waals surface area contributed by atoms with Crippen molar-refractivity contribution in [1.82, 2.24) is 10.2 Å². The van der Waals surface area contributed by atoms with Gasteiger partial charge in [-0.05, 0) is 34.5 Å². The molecule has 8 heteroatoms. The molecule has 0 aliphatic carbocycles. The Morgan fingerprint density at radius 1 is 1.13 bits per heavy atom. The number of methoxy groups -OCH3 is 1. The maximum absolute atomic E-state index is 12.4. The summed E-state index contributed by atoms with van der Waals surface area (Å²) in [7, 11) is 1.54. The molecule has 0 amide bonds.